The van der Waals surface area contributed by atoms with Gasteiger partial charge < -0.3 is 19.7 Å². The van der Waals surface area contributed by atoms with Crippen LogP contribution in [0.3, 0.4) is 0 Å². The van der Waals surface area contributed by atoms with Crippen molar-refractivity contribution in [2.24, 2.45) is 11.3 Å². The van der Waals surface area contributed by atoms with E-state index in [1.54, 1.807) is 0 Å². The molecular formula is C14H24O5. The van der Waals surface area contributed by atoms with Gasteiger partial charge >= 0.3 is 5.97 Å². The second-order valence-electron chi connectivity index (χ2n) is 6.20. The molecule has 5 nitrogen and oxygen atoms in total. The molecule has 0 spiro atoms. The Hall–Kier alpha value is -0.650. The zero-order valence-corrected chi connectivity index (χ0v) is 10.6. The fraction of sp³-hybridized carbons (Fsp3) is 0.929. The van der Waals surface area contributed by atoms with Crippen molar-refractivity contribution in [3.05, 3.63) is 0 Å². The van der Waals surface area contributed by atoms with E-state index >= 15 is 0 Å². The molecule has 3 fully saturated rings. The number of aliphatic hydroxyl groups is 2. The Morgan fingerprint density at radius 3 is 2.84 bits per heavy atom. The molecule has 5 heteroatoms. The molecule has 3 rings (SSSR count). The maximum absolute atomic E-state index is 11.7. The number of ether oxygens (including phenoxy) is 2. The van der Waals surface area contributed by atoms with E-state index in [-0.39, 0.29) is 32.2 Å². The normalized spacial score (nSPS) is 49.4. The van der Waals surface area contributed by atoms with Crippen LogP contribution < -0.4 is 0 Å². The first kappa shape index (κ1) is 14.8. The molecule has 0 amide bonds. The number of aliphatic hydroxyl groups excluding tert-OH is 1. The molecule has 2 heterocycles. The van der Waals surface area contributed by atoms with Crippen LogP contribution in [0, 0.1) is 11.3 Å². The number of rotatable bonds is 0. The van der Waals surface area contributed by atoms with Crippen molar-refractivity contribution in [3.63, 3.8) is 0 Å². The zero-order valence-electron chi connectivity index (χ0n) is 10.6. The molecule has 2 bridgehead atoms. The topological polar surface area (TPSA) is 76.0 Å². The molecule has 0 radical (unpaired) electrons. The molecule has 2 saturated heterocycles. The van der Waals surface area contributed by atoms with Gasteiger partial charge in [0.1, 0.15) is 0 Å². The first-order chi connectivity index (χ1) is 8.43. The van der Waals surface area contributed by atoms with E-state index in [9.17, 15) is 15.0 Å². The van der Waals surface area contributed by atoms with Crippen LogP contribution in [0.2, 0.25) is 0 Å². The van der Waals surface area contributed by atoms with Crippen LogP contribution in [0.1, 0.15) is 52.9 Å². The maximum Gasteiger partial charge on any atom is 0.308 e. The van der Waals surface area contributed by atoms with Gasteiger partial charge in [-0.3, -0.25) is 4.79 Å². The zero-order chi connectivity index (χ0) is 13.0. The third kappa shape index (κ3) is 2.18. The maximum atomic E-state index is 11.7. The van der Waals surface area contributed by atoms with Crippen LogP contribution in [0.15, 0.2) is 0 Å². The Morgan fingerprint density at radius 2 is 2.11 bits per heavy atom. The summed E-state index contributed by atoms with van der Waals surface area (Å²) >= 11 is 0. The quantitative estimate of drug-likeness (QED) is 0.654. The van der Waals surface area contributed by atoms with E-state index in [4.69, 9.17) is 9.47 Å². The third-order valence-electron chi connectivity index (χ3n) is 5.09. The summed E-state index contributed by atoms with van der Waals surface area (Å²) < 4.78 is 10.5. The molecule has 5 atom stereocenters. The van der Waals surface area contributed by atoms with Crippen LogP contribution in [-0.4, -0.2) is 34.4 Å². The van der Waals surface area contributed by atoms with Gasteiger partial charge in [-0.25, -0.2) is 0 Å². The molecule has 110 valence electrons. The van der Waals surface area contributed by atoms with Gasteiger partial charge in [-0.2, -0.15) is 0 Å². The summed E-state index contributed by atoms with van der Waals surface area (Å²) in [6.45, 7) is 1.99. The molecule has 2 aliphatic heterocycles. The van der Waals surface area contributed by atoms with Crippen molar-refractivity contribution in [1.82, 2.24) is 0 Å². The smallest absolute Gasteiger partial charge is 0.308 e. The lowest BCUT2D eigenvalue weighted by molar-refractivity contribution is -0.224. The van der Waals surface area contributed by atoms with Crippen molar-refractivity contribution in [1.29, 1.82) is 0 Å². The molecule has 3 aliphatic rings. The molecule has 1 saturated carbocycles. The monoisotopic (exact) mass is 272 g/mol. The summed E-state index contributed by atoms with van der Waals surface area (Å²) in [5.74, 6) is -0.415. The van der Waals surface area contributed by atoms with Gasteiger partial charge in [0.15, 0.2) is 6.29 Å². The number of fused-ring (bicyclic) bond motifs is 1. The molecule has 2 N–H and O–H groups in total. The number of carbonyl (C=O) groups is 1. The molecule has 1 aliphatic carbocycles. The minimum absolute atomic E-state index is 0. The summed E-state index contributed by atoms with van der Waals surface area (Å²) in [4.78, 5) is 11.7. The summed E-state index contributed by atoms with van der Waals surface area (Å²) in [7, 11) is 0. The van der Waals surface area contributed by atoms with Gasteiger partial charge in [0.25, 0.3) is 0 Å². The average molecular weight is 272 g/mol. The SMILES string of the molecule is C.CC12CCCC3CC(=O)OC(CC31O)OC(O)C2. The number of esters is 1. The molecule has 0 aromatic carbocycles. The van der Waals surface area contributed by atoms with Crippen LogP contribution in [0.25, 0.3) is 0 Å². The summed E-state index contributed by atoms with van der Waals surface area (Å²) in [5.41, 5.74) is -1.38. The van der Waals surface area contributed by atoms with E-state index in [0.717, 1.165) is 19.3 Å². The standard InChI is InChI=1S/C13H20O5.CH4/c1-12-4-2-3-8-5-9(14)17-11(7-13(8,12)16)18-10(15)6-12;/h8,10-11,15-16H,2-7H2,1H3;1H4. The van der Waals surface area contributed by atoms with Crippen molar-refractivity contribution in [3.8, 4) is 0 Å². The lowest BCUT2D eigenvalue weighted by Gasteiger charge is -2.51. The Balaban J connectivity index is 0.00000133. The van der Waals surface area contributed by atoms with Crippen molar-refractivity contribution in [2.75, 3.05) is 0 Å². The van der Waals surface area contributed by atoms with E-state index < -0.39 is 23.6 Å². The third-order valence-corrected chi connectivity index (χ3v) is 5.09. The highest BCUT2D eigenvalue weighted by Gasteiger charge is 2.59. The fourth-order valence-electron chi connectivity index (χ4n) is 4.03. The minimum Gasteiger partial charge on any atom is -0.436 e. The highest BCUT2D eigenvalue weighted by Crippen LogP contribution is 2.56. The Kier molecular flexibility index (Phi) is 3.66. The average Bonchev–Trinajstić information content (AvgIpc) is 2.41. The minimum atomic E-state index is -0.973. The fourth-order valence-corrected chi connectivity index (χ4v) is 4.03. The number of hydrogen-bond donors (Lipinski definition) is 2. The predicted molar refractivity (Wildman–Crippen MR) is 68.0 cm³/mol. The van der Waals surface area contributed by atoms with E-state index in [1.807, 2.05) is 6.92 Å². The van der Waals surface area contributed by atoms with Crippen molar-refractivity contribution in [2.45, 2.75) is 71.1 Å². The first-order valence-electron chi connectivity index (χ1n) is 6.68. The Morgan fingerprint density at radius 1 is 1.37 bits per heavy atom. The number of hydrogen-bond acceptors (Lipinski definition) is 5. The summed E-state index contributed by atoms with van der Waals surface area (Å²) in [5, 5.41) is 21.0. The molecular weight excluding hydrogens is 248 g/mol. The van der Waals surface area contributed by atoms with Crippen LogP contribution in [-0.2, 0) is 14.3 Å². The Bertz CT molecular complexity index is 371. The predicted octanol–water partition coefficient (Wildman–Crippen LogP) is 1.56. The van der Waals surface area contributed by atoms with Crippen molar-refractivity contribution >= 4 is 5.97 Å². The van der Waals surface area contributed by atoms with Crippen LogP contribution >= 0.6 is 0 Å². The second kappa shape index (κ2) is 4.72. The molecule has 0 aromatic heterocycles. The summed E-state index contributed by atoms with van der Waals surface area (Å²) in [6.07, 6.45) is 1.79. The first-order valence-corrected chi connectivity index (χ1v) is 6.68. The van der Waals surface area contributed by atoms with E-state index in [0.29, 0.717) is 6.42 Å². The highest BCUT2D eigenvalue weighted by molar-refractivity contribution is 5.70. The highest BCUT2D eigenvalue weighted by atomic mass is 16.7. The van der Waals surface area contributed by atoms with Gasteiger partial charge in [-0.15, -0.1) is 0 Å². The van der Waals surface area contributed by atoms with Gasteiger partial charge in [0.05, 0.1) is 12.0 Å². The van der Waals surface area contributed by atoms with E-state index in [2.05, 4.69) is 0 Å². The molecule has 5 unspecified atom stereocenters. The molecule has 0 aromatic rings. The van der Waals surface area contributed by atoms with Crippen molar-refractivity contribution < 1.29 is 24.5 Å². The second-order valence-corrected chi connectivity index (χ2v) is 6.20. The van der Waals surface area contributed by atoms with Gasteiger partial charge in [0, 0.05) is 18.3 Å². The largest absolute Gasteiger partial charge is 0.436 e. The Labute approximate surface area is 113 Å². The number of carbonyl (C=O) groups excluding carboxylic acids is 1. The lowest BCUT2D eigenvalue weighted by Crippen LogP contribution is -2.55. The van der Waals surface area contributed by atoms with Gasteiger partial charge in [-0.1, -0.05) is 20.8 Å². The van der Waals surface area contributed by atoms with Crippen LogP contribution in [0.4, 0.5) is 0 Å². The van der Waals surface area contributed by atoms with Gasteiger partial charge in [-0.05, 0) is 18.8 Å². The molecule has 19 heavy (non-hydrogen) atoms. The lowest BCUT2D eigenvalue weighted by atomic mass is 9.56. The van der Waals surface area contributed by atoms with Gasteiger partial charge in [0.2, 0.25) is 6.29 Å². The summed E-state index contributed by atoms with van der Waals surface area (Å²) in [6, 6.07) is 0. The van der Waals surface area contributed by atoms with E-state index in [1.165, 1.54) is 0 Å². The van der Waals surface area contributed by atoms with Crippen LogP contribution in [0.5, 0.6) is 0 Å².